The molecule has 1 aliphatic carbocycles. The fourth-order valence-corrected chi connectivity index (χ4v) is 2.72. The molecular formula is C13H23N3. The van der Waals surface area contributed by atoms with Gasteiger partial charge in [0.2, 0.25) is 0 Å². The Morgan fingerprint density at radius 2 is 2.12 bits per heavy atom. The normalized spacial score (nSPS) is 19.4. The first-order valence-electron chi connectivity index (χ1n) is 6.23. The fourth-order valence-electron chi connectivity index (χ4n) is 2.72. The molecule has 0 bridgehead atoms. The van der Waals surface area contributed by atoms with E-state index >= 15 is 0 Å². The predicted molar refractivity (Wildman–Crippen MR) is 67.4 cm³/mol. The Bertz CT molecular complexity index is 297. The van der Waals surface area contributed by atoms with E-state index in [1.807, 2.05) is 6.20 Å². The van der Waals surface area contributed by atoms with E-state index in [-0.39, 0.29) is 0 Å². The van der Waals surface area contributed by atoms with Gasteiger partial charge >= 0.3 is 0 Å². The lowest BCUT2D eigenvalue weighted by Gasteiger charge is -2.36. The summed E-state index contributed by atoms with van der Waals surface area (Å²) in [4.78, 5) is 5.50. The van der Waals surface area contributed by atoms with Gasteiger partial charge in [0.15, 0.2) is 0 Å². The van der Waals surface area contributed by atoms with Crippen molar-refractivity contribution in [3.05, 3.63) is 24.0 Å². The number of H-pyrrole nitrogens is 1. The summed E-state index contributed by atoms with van der Waals surface area (Å²) >= 11 is 0. The molecule has 0 atom stereocenters. The molecule has 1 aliphatic rings. The highest BCUT2D eigenvalue weighted by molar-refractivity contribution is 5.08. The zero-order valence-electron chi connectivity index (χ0n) is 10.4. The van der Waals surface area contributed by atoms with Gasteiger partial charge < -0.3 is 15.2 Å². The molecule has 3 heteroatoms. The summed E-state index contributed by atoms with van der Waals surface area (Å²) in [6.45, 7) is 2.07. The highest BCUT2D eigenvalue weighted by atomic mass is 15.2. The number of aromatic amines is 1. The topological polar surface area (TPSA) is 31.1 Å². The first kappa shape index (κ1) is 11.7. The molecule has 1 heterocycles. The molecule has 0 radical (unpaired) electrons. The molecule has 0 aliphatic heterocycles. The van der Waals surface area contributed by atoms with E-state index < -0.39 is 0 Å². The van der Waals surface area contributed by atoms with Gasteiger partial charge in [-0.1, -0.05) is 12.8 Å². The number of likely N-dealkylation sites (N-methyl/N-ethyl adjacent to an activating group) is 1. The van der Waals surface area contributed by atoms with Crippen molar-refractivity contribution in [2.45, 2.75) is 37.8 Å². The van der Waals surface area contributed by atoms with Crippen molar-refractivity contribution >= 4 is 0 Å². The largest absolute Gasteiger partial charge is 0.367 e. The second-order valence-electron chi connectivity index (χ2n) is 5.15. The summed E-state index contributed by atoms with van der Waals surface area (Å²) in [7, 11) is 4.42. The quantitative estimate of drug-likeness (QED) is 0.796. The SMILES string of the molecule is CN(C)C1(CNCc2cc[nH]c2)CCCC1. The Morgan fingerprint density at radius 3 is 2.69 bits per heavy atom. The standard InChI is InChI=1S/C13H23N3/c1-16(2)13(6-3-4-7-13)11-15-10-12-5-8-14-9-12/h5,8-9,14-15H,3-4,6-7,10-11H2,1-2H3. The molecule has 1 aromatic heterocycles. The summed E-state index contributed by atoms with van der Waals surface area (Å²) < 4.78 is 0. The average Bonchev–Trinajstić information content (AvgIpc) is 2.88. The van der Waals surface area contributed by atoms with Gasteiger partial charge in [-0.25, -0.2) is 0 Å². The third kappa shape index (κ3) is 2.47. The molecule has 1 fully saturated rings. The molecular weight excluding hydrogens is 198 g/mol. The van der Waals surface area contributed by atoms with Crippen LogP contribution in [0, 0.1) is 0 Å². The van der Waals surface area contributed by atoms with E-state index in [1.54, 1.807) is 0 Å². The van der Waals surface area contributed by atoms with Crippen molar-refractivity contribution < 1.29 is 0 Å². The monoisotopic (exact) mass is 221 g/mol. The summed E-state index contributed by atoms with van der Waals surface area (Å²) in [6, 6.07) is 2.13. The van der Waals surface area contributed by atoms with Gasteiger partial charge in [0.25, 0.3) is 0 Å². The molecule has 0 saturated heterocycles. The van der Waals surface area contributed by atoms with Crippen LogP contribution in [0.5, 0.6) is 0 Å². The Labute approximate surface area is 98.2 Å². The number of nitrogens with one attached hydrogen (secondary N) is 2. The minimum atomic E-state index is 0.399. The average molecular weight is 221 g/mol. The number of nitrogens with zero attached hydrogens (tertiary/aromatic N) is 1. The van der Waals surface area contributed by atoms with Crippen LogP contribution < -0.4 is 5.32 Å². The van der Waals surface area contributed by atoms with Crippen molar-refractivity contribution in [3.63, 3.8) is 0 Å². The zero-order chi connectivity index (χ0) is 11.4. The van der Waals surface area contributed by atoms with Crippen molar-refractivity contribution in [1.82, 2.24) is 15.2 Å². The molecule has 2 N–H and O–H groups in total. The molecule has 2 rings (SSSR count). The molecule has 0 unspecified atom stereocenters. The third-order valence-corrected chi connectivity index (χ3v) is 3.93. The van der Waals surface area contributed by atoms with Crippen LogP contribution in [0.4, 0.5) is 0 Å². The third-order valence-electron chi connectivity index (χ3n) is 3.93. The number of aromatic nitrogens is 1. The minimum absolute atomic E-state index is 0.399. The number of hydrogen-bond acceptors (Lipinski definition) is 2. The van der Waals surface area contributed by atoms with Crippen molar-refractivity contribution in [3.8, 4) is 0 Å². The minimum Gasteiger partial charge on any atom is -0.367 e. The zero-order valence-corrected chi connectivity index (χ0v) is 10.4. The van der Waals surface area contributed by atoms with Crippen LogP contribution in [0.2, 0.25) is 0 Å². The van der Waals surface area contributed by atoms with Crippen LogP contribution in [0.3, 0.4) is 0 Å². The van der Waals surface area contributed by atoms with Crippen LogP contribution in [0.1, 0.15) is 31.2 Å². The lowest BCUT2D eigenvalue weighted by Crippen LogP contribution is -2.49. The van der Waals surface area contributed by atoms with E-state index in [1.165, 1.54) is 31.2 Å². The molecule has 0 spiro atoms. The predicted octanol–water partition coefficient (Wildman–Crippen LogP) is 1.98. The van der Waals surface area contributed by atoms with E-state index in [0.717, 1.165) is 13.1 Å². The summed E-state index contributed by atoms with van der Waals surface area (Å²) in [5.74, 6) is 0. The van der Waals surface area contributed by atoms with E-state index in [9.17, 15) is 0 Å². The van der Waals surface area contributed by atoms with Gasteiger partial charge in [0, 0.05) is 31.0 Å². The highest BCUT2D eigenvalue weighted by Gasteiger charge is 2.35. The second kappa shape index (κ2) is 5.02. The van der Waals surface area contributed by atoms with Crippen LogP contribution in [-0.4, -0.2) is 36.1 Å². The summed E-state index contributed by atoms with van der Waals surface area (Å²) in [5, 5.41) is 3.59. The van der Waals surface area contributed by atoms with Crippen molar-refractivity contribution in [2.24, 2.45) is 0 Å². The lowest BCUT2D eigenvalue weighted by atomic mass is 9.96. The first-order chi connectivity index (χ1) is 7.73. The molecule has 1 aromatic rings. The molecule has 3 nitrogen and oxygen atoms in total. The summed E-state index contributed by atoms with van der Waals surface area (Å²) in [5.41, 5.74) is 1.74. The van der Waals surface area contributed by atoms with Gasteiger partial charge in [-0.05, 0) is 38.6 Å². The van der Waals surface area contributed by atoms with Gasteiger partial charge in [0.05, 0.1) is 0 Å². The summed E-state index contributed by atoms with van der Waals surface area (Å²) in [6.07, 6.45) is 9.46. The van der Waals surface area contributed by atoms with Crippen LogP contribution in [0.15, 0.2) is 18.5 Å². The second-order valence-corrected chi connectivity index (χ2v) is 5.15. The smallest absolute Gasteiger partial charge is 0.0328 e. The Balaban J connectivity index is 1.83. The first-order valence-corrected chi connectivity index (χ1v) is 6.23. The fraction of sp³-hybridized carbons (Fsp3) is 0.692. The highest BCUT2D eigenvalue weighted by Crippen LogP contribution is 2.33. The Morgan fingerprint density at radius 1 is 1.38 bits per heavy atom. The van der Waals surface area contributed by atoms with Crippen LogP contribution in [-0.2, 0) is 6.54 Å². The van der Waals surface area contributed by atoms with Gasteiger partial charge in [-0.3, -0.25) is 0 Å². The number of rotatable bonds is 5. The van der Waals surface area contributed by atoms with E-state index in [2.05, 4.69) is 41.6 Å². The molecule has 90 valence electrons. The van der Waals surface area contributed by atoms with Crippen molar-refractivity contribution in [2.75, 3.05) is 20.6 Å². The molecule has 0 amide bonds. The van der Waals surface area contributed by atoms with Gasteiger partial charge in [-0.2, -0.15) is 0 Å². The Hall–Kier alpha value is -0.800. The van der Waals surface area contributed by atoms with E-state index in [0.29, 0.717) is 5.54 Å². The molecule has 16 heavy (non-hydrogen) atoms. The maximum Gasteiger partial charge on any atom is 0.0328 e. The molecule has 0 aromatic carbocycles. The number of hydrogen-bond donors (Lipinski definition) is 2. The van der Waals surface area contributed by atoms with Gasteiger partial charge in [0.1, 0.15) is 0 Å². The van der Waals surface area contributed by atoms with Crippen LogP contribution in [0.25, 0.3) is 0 Å². The molecule has 1 saturated carbocycles. The van der Waals surface area contributed by atoms with Crippen LogP contribution >= 0.6 is 0 Å². The van der Waals surface area contributed by atoms with Gasteiger partial charge in [-0.15, -0.1) is 0 Å². The lowest BCUT2D eigenvalue weighted by molar-refractivity contribution is 0.153. The Kier molecular flexibility index (Phi) is 3.66. The maximum atomic E-state index is 3.59. The van der Waals surface area contributed by atoms with E-state index in [4.69, 9.17) is 0 Å². The van der Waals surface area contributed by atoms with Crippen molar-refractivity contribution in [1.29, 1.82) is 0 Å². The maximum absolute atomic E-state index is 3.59.